The molecule has 5 nitrogen and oxygen atoms in total. The van der Waals surface area contributed by atoms with Crippen molar-refractivity contribution >= 4 is 22.9 Å². The van der Waals surface area contributed by atoms with E-state index < -0.39 is 5.82 Å². The molecule has 3 aromatic rings. The second-order valence-corrected chi connectivity index (χ2v) is 8.21. The Labute approximate surface area is 176 Å². The number of amides is 1. The van der Waals surface area contributed by atoms with Crippen molar-refractivity contribution in [3.63, 3.8) is 0 Å². The van der Waals surface area contributed by atoms with Gasteiger partial charge in [0.15, 0.2) is 0 Å². The zero-order chi connectivity index (χ0) is 21.4. The van der Waals surface area contributed by atoms with Crippen molar-refractivity contribution in [1.29, 1.82) is 0 Å². The first-order chi connectivity index (χ1) is 14.4. The van der Waals surface area contributed by atoms with E-state index in [9.17, 15) is 9.18 Å². The molecule has 156 valence electrons. The number of benzene rings is 1. The smallest absolute Gasteiger partial charge is 0.256 e. The van der Waals surface area contributed by atoms with Crippen molar-refractivity contribution in [2.75, 3.05) is 20.1 Å². The number of aryl methyl sites for hydroxylation is 1. The van der Waals surface area contributed by atoms with Crippen LogP contribution >= 0.6 is 0 Å². The van der Waals surface area contributed by atoms with E-state index in [2.05, 4.69) is 16.4 Å². The molecule has 0 atom stereocenters. The van der Waals surface area contributed by atoms with Crippen molar-refractivity contribution in [3.05, 3.63) is 64.9 Å². The summed E-state index contributed by atoms with van der Waals surface area (Å²) in [5.74, 6) is -0.633. The number of carbonyl (C=O) groups is 1. The lowest BCUT2D eigenvalue weighted by molar-refractivity contribution is 0.0754. The lowest BCUT2D eigenvalue weighted by atomic mass is 10.1. The SMILES string of the molecule is Cc1cncc2c1c(/C=C1\CCNC1)cn2-c1ccc(F)cc1C(=O)N(C)C(C)C. The van der Waals surface area contributed by atoms with E-state index in [-0.39, 0.29) is 11.9 Å². The van der Waals surface area contributed by atoms with Gasteiger partial charge in [-0.2, -0.15) is 0 Å². The van der Waals surface area contributed by atoms with Crippen LogP contribution in [0, 0.1) is 12.7 Å². The Morgan fingerprint density at radius 2 is 2.13 bits per heavy atom. The number of carbonyl (C=O) groups excluding carboxylic acids is 1. The molecule has 1 aromatic carbocycles. The molecule has 6 heteroatoms. The van der Waals surface area contributed by atoms with Gasteiger partial charge in [-0.15, -0.1) is 0 Å². The average molecular weight is 407 g/mol. The number of hydrogen-bond acceptors (Lipinski definition) is 3. The molecular formula is C24H27FN4O. The van der Waals surface area contributed by atoms with Gasteiger partial charge in [-0.1, -0.05) is 11.6 Å². The van der Waals surface area contributed by atoms with Gasteiger partial charge in [0.2, 0.25) is 0 Å². The monoisotopic (exact) mass is 406 g/mol. The number of nitrogens with one attached hydrogen (secondary N) is 1. The topological polar surface area (TPSA) is 50.2 Å². The number of pyridine rings is 1. The first-order valence-electron chi connectivity index (χ1n) is 10.3. The molecule has 0 bridgehead atoms. The number of nitrogens with zero attached hydrogens (tertiary/aromatic N) is 3. The summed E-state index contributed by atoms with van der Waals surface area (Å²) >= 11 is 0. The van der Waals surface area contributed by atoms with Gasteiger partial charge in [0.05, 0.1) is 23.0 Å². The molecule has 4 rings (SSSR count). The van der Waals surface area contributed by atoms with Crippen LogP contribution in [0.5, 0.6) is 0 Å². The molecule has 1 fully saturated rings. The molecule has 1 saturated heterocycles. The summed E-state index contributed by atoms with van der Waals surface area (Å²) in [5.41, 5.74) is 5.40. The normalized spacial score (nSPS) is 15.5. The molecule has 0 saturated carbocycles. The van der Waals surface area contributed by atoms with Gasteiger partial charge < -0.3 is 14.8 Å². The average Bonchev–Trinajstić information content (AvgIpc) is 3.36. The zero-order valence-corrected chi connectivity index (χ0v) is 17.9. The van der Waals surface area contributed by atoms with E-state index in [0.717, 1.165) is 41.5 Å². The van der Waals surface area contributed by atoms with Crippen LogP contribution in [0.25, 0.3) is 22.7 Å². The first-order valence-corrected chi connectivity index (χ1v) is 10.3. The summed E-state index contributed by atoms with van der Waals surface area (Å²) in [7, 11) is 1.74. The maximum atomic E-state index is 14.1. The van der Waals surface area contributed by atoms with Crippen LogP contribution in [-0.2, 0) is 0 Å². The molecule has 1 N–H and O–H groups in total. The van der Waals surface area contributed by atoms with Crippen LogP contribution in [0.4, 0.5) is 4.39 Å². The first kappa shape index (κ1) is 20.3. The summed E-state index contributed by atoms with van der Waals surface area (Å²) in [6, 6.07) is 4.40. The van der Waals surface area contributed by atoms with E-state index in [4.69, 9.17) is 0 Å². The highest BCUT2D eigenvalue weighted by Crippen LogP contribution is 2.31. The summed E-state index contributed by atoms with van der Waals surface area (Å²) in [4.78, 5) is 19.1. The Balaban J connectivity index is 1.94. The third-order valence-corrected chi connectivity index (χ3v) is 5.81. The van der Waals surface area contributed by atoms with Gasteiger partial charge in [-0.05, 0) is 57.5 Å². The van der Waals surface area contributed by atoms with E-state index in [1.165, 1.54) is 17.7 Å². The van der Waals surface area contributed by atoms with Crippen LogP contribution < -0.4 is 5.32 Å². The molecule has 0 spiro atoms. The predicted octanol–water partition coefficient (Wildman–Crippen LogP) is 4.33. The zero-order valence-electron chi connectivity index (χ0n) is 17.9. The molecule has 1 aliphatic rings. The molecule has 3 heterocycles. The van der Waals surface area contributed by atoms with Crippen molar-refractivity contribution in [1.82, 2.24) is 19.8 Å². The van der Waals surface area contributed by atoms with Gasteiger partial charge in [-0.25, -0.2) is 4.39 Å². The Bertz CT molecular complexity index is 1140. The van der Waals surface area contributed by atoms with E-state index >= 15 is 0 Å². The number of rotatable bonds is 4. The highest BCUT2D eigenvalue weighted by molar-refractivity contribution is 6.00. The van der Waals surface area contributed by atoms with Crippen molar-refractivity contribution < 1.29 is 9.18 Å². The predicted molar refractivity (Wildman–Crippen MR) is 118 cm³/mol. The number of fused-ring (bicyclic) bond motifs is 1. The molecule has 0 radical (unpaired) electrons. The Kier molecular flexibility index (Phi) is 5.43. The van der Waals surface area contributed by atoms with Gasteiger partial charge in [0.25, 0.3) is 5.91 Å². The molecular weight excluding hydrogens is 379 g/mol. The minimum Gasteiger partial charge on any atom is -0.339 e. The van der Waals surface area contributed by atoms with Crippen molar-refractivity contribution in [2.45, 2.75) is 33.2 Å². The molecule has 0 aliphatic carbocycles. The minimum absolute atomic E-state index is 0.00842. The number of hydrogen-bond donors (Lipinski definition) is 1. The fraction of sp³-hybridized carbons (Fsp3) is 0.333. The summed E-state index contributed by atoms with van der Waals surface area (Å²) in [6.07, 6.45) is 8.93. The molecule has 2 aromatic heterocycles. The highest BCUT2D eigenvalue weighted by Gasteiger charge is 2.22. The lowest BCUT2D eigenvalue weighted by Gasteiger charge is -2.23. The van der Waals surface area contributed by atoms with Crippen LogP contribution in [0.15, 0.2) is 42.4 Å². The standard InChI is InChI=1S/C24H27FN4O/c1-15(2)28(4)24(30)20-10-19(25)5-6-21(20)29-14-18(9-17-7-8-26-12-17)23-16(3)11-27-13-22(23)29/h5-6,9-11,13-15,26H,7-8,12H2,1-4H3/b17-9+. The van der Waals surface area contributed by atoms with Gasteiger partial charge >= 0.3 is 0 Å². The van der Waals surface area contributed by atoms with Crippen LogP contribution in [0.3, 0.4) is 0 Å². The Morgan fingerprint density at radius 3 is 2.83 bits per heavy atom. The largest absolute Gasteiger partial charge is 0.339 e. The van der Waals surface area contributed by atoms with Crippen molar-refractivity contribution in [3.8, 4) is 5.69 Å². The van der Waals surface area contributed by atoms with Crippen LogP contribution in [0.1, 0.15) is 41.8 Å². The second kappa shape index (κ2) is 8.03. The number of aromatic nitrogens is 2. The maximum Gasteiger partial charge on any atom is 0.256 e. The number of halogens is 1. The van der Waals surface area contributed by atoms with Gasteiger partial charge in [-0.3, -0.25) is 9.78 Å². The van der Waals surface area contributed by atoms with Crippen LogP contribution in [0.2, 0.25) is 0 Å². The molecule has 0 unspecified atom stereocenters. The second-order valence-electron chi connectivity index (χ2n) is 8.21. The minimum atomic E-state index is -0.426. The van der Waals surface area contributed by atoms with E-state index in [1.54, 1.807) is 24.2 Å². The van der Waals surface area contributed by atoms with Crippen molar-refractivity contribution in [2.24, 2.45) is 0 Å². The summed E-state index contributed by atoms with van der Waals surface area (Å²) in [6.45, 7) is 7.79. The van der Waals surface area contributed by atoms with Gasteiger partial charge in [0.1, 0.15) is 5.82 Å². The molecule has 1 aliphatic heterocycles. The third-order valence-electron chi connectivity index (χ3n) is 5.81. The highest BCUT2D eigenvalue weighted by atomic mass is 19.1. The molecule has 1 amide bonds. The van der Waals surface area contributed by atoms with E-state index in [1.807, 2.05) is 37.7 Å². The Hall–Kier alpha value is -2.99. The Morgan fingerprint density at radius 1 is 1.33 bits per heavy atom. The molecule has 30 heavy (non-hydrogen) atoms. The fourth-order valence-corrected chi connectivity index (χ4v) is 3.93. The maximum absolute atomic E-state index is 14.1. The summed E-state index contributed by atoms with van der Waals surface area (Å²) in [5, 5.41) is 4.47. The van der Waals surface area contributed by atoms with Gasteiger partial charge in [0, 0.05) is 43.0 Å². The van der Waals surface area contributed by atoms with E-state index in [0.29, 0.717) is 11.3 Å². The summed E-state index contributed by atoms with van der Waals surface area (Å²) < 4.78 is 16.1. The fourth-order valence-electron chi connectivity index (χ4n) is 3.93. The van der Waals surface area contributed by atoms with Crippen LogP contribution in [-0.4, -0.2) is 46.5 Å². The quantitative estimate of drug-likeness (QED) is 0.702. The lowest BCUT2D eigenvalue weighted by Crippen LogP contribution is -2.33. The third kappa shape index (κ3) is 3.63.